The summed E-state index contributed by atoms with van der Waals surface area (Å²) < 4.78 is 0. The Labute approximate surface area is 105 Å². The summed E-state index contributed by atoms with van der Waals surface area (Å²) >= 11 is 0. The Hall–Kier alpha value is -0.805. The second-order valence-electron chi connectivity index (χ2n) is 5.48. The molecule has 4 nitrogen and oxygen atoms in total. The molecule has 0 aromatic carbocycles. The van der Waals surface area contributed by atoms with E-state index in [1.165, 1.54) is 6.21 Å². The lowest BCUT2D eigenvalue weighted by atomic mass is 9.75. The van der Waals surface area contributed by atoms with E-state index >= 15 is 0 Å². The molecule has 3 atom stereocenters. The second kappa shape index (κ2) is 5.69. The lowest BCUT2D eigenvalue weighted by Gasteiger charge is -2.43. The van der Waals surface area contributed by atoms with E-state index in [0.717, 1.165) is 5.47 Å². The zero-order valence-corrected chi connectivity index (χ0v) is 11.7. The van der Waals surface area contributed by atoms with Crippen LogP contribution in [-0.4, -0.2) is 41.5 Å². The van der Waals surface area contributed by atoms with Crippen molar-refractivity contribution in [3.63, 3.8) is 0 Å². The predicted octanol–water partition coefficient (Wildman–Crippen LogP) is 0.247. The smallest absolute Gasteiger partial charge is 0.143 e. The van der Waals surface area contributed by atoms with Crippen LogP contribution >= 0.6 is 0 Å². The molecule has 0 saturated heterocycles. The maximum Gasteiger partial charge on any atom is 0.143 e. The highest BCUT2D eigenvalue weighted by Crippen LogP contribution is 2.31. The highest BCUT2D eigenvalue weighted by molar-refractivity contribution is 6.32. The fraction of sp³-hybridized carbons (Fsp3) is 0.750. The Morgan fingerprint density at radius 3 is 2.12 bits per heavy atom. The minimum Gasteiger partial charge on any atom is -0.388 e. The zero-order chi connectivity index (χ0) is 13.9. The summed E-state index contributed by atoms with van der Waals surface area (Å²) in [6.45, 7) is 8.69. The van der Waals surface area contributed by atoms with Gasteiger partial charge in [-0.2, -0.15) is 0 Å². The summed E-state index contributed by atoms with van der Waals surface area (Å²) in [5.41, 5.74) is -1.54. The third kappa shape index (κ3) is 4.17. The van der Waals surface area contributed by atoms with E-state index < -0.39 is 11.2 Å². The molecule has 0 amide bonds. The Kier molecular flexibility index (Phi) is 5.42. The normalized spacial score (nSPS) is 20.3. The summed E-state index contributed by atoms with van der Waals surface area (Å²) in [7, 11) is 1.82. The van der Waals surface area contributed by atoms with Crippen molar-refractivity contribution in [3.05, 3.63) is 11.7 Å². The first-order chi connectivity index (χ1) is 7.54. The number of aliphatic hydroxyl groups is 2. The van der Waals surface area contributed by atoms with Gasteiger partial charge in [0, 0.05) is 18.2 Å². The molecular weight excluding hydrogens is 215 g/mol. The molecule has 0 spiro atoms. The Balaban J connectivity index is 4.71. The van der Waals surface area contributed by atoms with Gasteiger partial charge in [0.25, 0.3) is 0 Å². The highest BCUT2D eigenvalue weighted by atomic mass is 16.4. The Bertz CT molecular complexity index is 295. The van der Waals surface area contributed by atoms with Gasteiger partial charge in [0.1, 0.15) is 7.85 Å². The minimum atomic E-state index is -1.19. The molecule has 5 heteroatoms. The Morgan fingerprint density at radius 1 is 1.29 bits per heavy atom. The number of rotatable bonds is 6. The lowest BCUT2D eigenvalue weighted by molar-refractivity contribution is -0.153. The van der Waals surface area contributed by atoms with Crippen LogP contribution in [0.4, 0.5) is 0 Å². The van der Waals surface area contributed by atoms with Crippen molar-refractivity contribution in [2.75, 3.05) is 0 Å². The van der Waals surface area contributed by atoms with Crippen LogP contribution in [0.5, 0.6) is 0 Å². The summed E-state index contributed by atoms with van der Waals surface area (Å²) in [5.74, 6) is -0.141. The highest BCUT2D eigenvalue weighted by Gasteiger charge is 2.44. The minimum absolute atomic E-state index is 0.00803. The van der Waals surface area contributed by atoms with E-state index in [4.69, 9.17) is 5.41 Å². The van der Waals surface area contributed by atoms with E-state index in [9.17, 15) is 10.2 Å². The van der Waals surface area contributed by atoms with Crippen molar-refractivity contribution < 1.29 is 10.2 Å². The van der Waals surface area contributed by atoms with Gasteiger partial charge in [0.05, 0.1) is 11.2 Å². The SMILES string of the molecule is B/C(C=N)=C/N[C@H](C)C(C)C(C)(O)C(C)(C)O. The number of hydrogen-bond acceptors (Lipinski definition) is 4. The van der Waals surface area contributed by atoms with E-state index in [-0.39, 0.29) is 12.0 Å². The van der Waals surface area contributed by atoms with Crippen LogP contribution in [-0.2, 0) is 0 Å². The van der Waals surface area contributed by atoms with E-state index in [1.807, 2.05) is 21.7 Å². The van der Waals surface area contributed by atoms with Gasteiger partial charge in [-0.1, -0.05) is 12.4 Å². The molecule has 0 aliphatic carbocycles. The van der Waals surface area contributed by atoms with Crippen molar-refractivity contribution in [1.29, 1.82) is 5.41 Å². The summed E-state index contributed by atoms with van der Waals surface area (Å²) in [6.07, 6.45) is 3.01. The lowest BCUT2D eigenvalue weighted by Crippen LogP contribution is -2.56. The third-order valence-electron chi connectivity index (χ3n) is 3.68. The molecule has 0 aromatic rings. The predicted molar refractivity (Wildman–Crippen MR) is 74.1 cm³/mol. The maximum absolute atomic E-state index is 10.4. The summed E-state index contributed by atoms with van der Waals surface area (Å²) in [4.78, 5) is 0. The molecular formula is C12H25BN2O2. The fourth-order valence-corrected chi connectivity index (χ4v) is 1.49. The van der Waals surface area contributed by atoms with Gasteiger partial charge < -0.3 is 20.9 Å². The van der Waals surface area contributed by atoms with E-state index in [2.05, 4.69) is 5.32 Å². The van der Waals surface area contributed by atoms with Crippen LogP contribution in [0.1, 0.15) is 34.6 Å². The van der Waals surface area contributed by atoms with Crippen LogP contribution in [0, 0.1) is 11.3 Å². The average Bonchev–Trinajstić information content (AvgIpc) is 2.22. The molecule has 4 N–H and O–H groups in total. The first kappa shape index (κ1) is 16.2. The van der Waals surface area contributed by atoms with Gasteiger partial charge in [-0.15, -0.1) is 0 Å². The fourth-order valence-electron chi connectivity index (χ4n) is 1.49. The van der Waals surface area contributed by atoms with Crippen LogP contribution in [0.25, 0.3) is 0 Å². The molecule has 98 valence electrons. The molecule has 0 rings (SSSR count). The summed E-state index contributed by atoms with van der Waals surface area (Å²) in [6, 6.07) is -0.00803. The molecule has 0 saturated carbocycles. The van der Waals surface area contributed by atoms with Gasteiger partial charge in [-0.05, 0) is 33.9 Å². The quantitative estimate of drug-likeness (QED) is 0.397. The van der Waals surface area contributed by atoms with Crippen LogP contribution in [0.2, 0.25) is 0 Å². The monoisotopic (exact) mass is 240 g/mol. The molecule has 0 bridgehead atoms. The number of nitrogens with one attached hydrogen (secondary N) is 2. The standard InChI is InChI=1S/C12H25BN2O2/c1-8(12(5,17)11(3,4)16)9(2)15-7-10(13)6-14/h6-9,14-17H,13H2,1-5H3/b10-7+,14-6?/t8?,9-,12?/m1/s1. The van der Waals surface area contributed by atoms with Gasteiger partial charge >= 0.3 is 0 Å². The first-order valence-corrected chi connectivity index (χ1v) is 5.92. The van der Waals surface area contributed by atoms with Gasteiger partial charge in [-0.3, -0.25) is 0 Å². The van der Waals surface area contributed by atoms with Crippen molar-refractivity contribution in [2.24, 2.45) is 5.92 Å². The third-order valence-corrected chi connectivity index (χ3v) is 3.68. The van der Waals surface area contributed by atoms with Gasteiger partial charge in [0.2, 0.25) is 0 Å². The molecule has 0 aromatic heterocycles. The van der Waals surface area contributed by atoms with Crippen molar-refractivity contribution in [1.82, 2.24) is 5.32 Å². The van der Waals surface area contributed by atoms with E-state index in [0.29, 0.717) is 0 Å². The topological polar surface area (TPSA) is 76.3 Å². The van der Waals surface area contributed by atoms with Gasteiger partial charge in [0.15, 0.2) is 0 Å². The maximum atomic E-state index is 10.4. The molecule has 0 heterocycles. The van der Waals surface area contributed by atoms with Gasteiger partial charge in [-0.25, -0.2) is 0 Å². The molecule has 0 aliphatic rings. The van der Waals surface area contributed by atoms with Crippen LogP contribution in [0.15, 0.2) is 11.7 Å². The van der Waals surface area contributed by atoms with Crippen molar-refractivity contribution >= 4 is 14.1 Å². The van der Waals surface area contributed by atoms with Crippen LogP contribution < -0.4 is 5.32 Å². The van der Waals surface area contributed by atoms with Crippen molar-refractivity contribution in [2.45, 2.75) is 51.9 Å². The second-order valence-corrected chi connectivity index (χ2v) is 5.48. The summed E-state index contributed by atoms with van der Waals surface area (Å²) in [5, 5.41) is 30.5. The number of hydrogen-bond donors (Lipinski definition) is 4. The zero-order valence-electron chi connectivity index (χ0n) is 11.7. The first-order valence-electron chi connectivity index (χ1n) is 5.92. The Morgan fingerprint density at radius 2 is 1.76 bits per heavy atom. The molecule has 0 fully saturated rings. The number of allylic oxidation sites excluding steroid dienone is 1. The van der Waals surface area contributed by atoms with Crippen LogP contribution in [0.3, 0.4) is 0 Å². The van der Waals surface area contributed by atoms with Crippen molar-refractivity contribution in [3.8, 4) is 0 Å². The van der Waals surface area contributed by atoms with E-state index in [1.54, 1.807) is 27.0 Å². The largest absolute Gasteiger partial charge is 0.388 e. The average molecular weight is 240 g/mol. The molecule has 2 unspecified atom stereocenters. The molecule has 0 radical (unpaired) electrons. The molecule has 0 aliphatic heterocycles. The molecule has 17 heavy (non-hydrogen) atoms.